The molecule has 0 saturated carbocycles. The summed E-state index contributed by atoms with van der Waals surface area (Å²) in [7, 11) is 0. The fraction of sp³-hybridized carbons (Fsp3) is 0.150. The molecule has 136 valence electrons. The minimum absolute atomic E-state index is 0.186. The normalized spacial score (nSPS) is 12.4. The zero-order valence-corrected chi connectivity index (χ0v) is 14.6. The van der Waals surface area contributed by atoms with Crippen molar-refractivity contribution < 1.29 is 8.78 Å². The number of halogens is 2. The molecule has 2 aromatic heterocycles. The third-order valence-corrected chi connectivity index (χ3v) is 4.32. The number of rotatable bonds is 5. The number of hydrogen-bond acceptors (Lipinski definition) is 4. The van der Waals surface area contributed by atoms with Gasteiger partial charge >= 0.3 is 0 Å². The largest absolute Gasteiger partial charge is 0.363 e. The fourth-order valence-electron chi connectivity index (χ4n) is 3.06. The summed E-state index contributed by atoms with van der Waals surface area (Å²) in [6.45, 7) is 1.96. The van der Waals surface area contributed by atoms with Gasteiger partial charge in [0.2, 0.25) is 0 Å². The minimum Gasteiger partial charge on any atom is -0.363 e. The molecule has 0 fully saturated rings. The SMILES string of the molecule is CC(Nc1nc(C(F)F)nc2ccccc12)c1ccccc1-n1cccn1. The Balaban J connectivity index is 1.75. The van der Waals surface area contributed by atoms with Crippen LogP contribution in [0.1, 0.15) is 30.8 Å². The molecule has 0 saturated heterocycles. The maximum Gasteiger partial charge on any atom is 0.297 e. The van der Waals surface area contributed by atoms with Crippen molar-refractivity contribution in [1.29, 1.82) is 0 Å². The highest BCUT2D eigenvalue weighted by Gasteiger charge is 2.18. The van der Waals surface area contributed by atoms with Crippen LogP contribution in [0.2, 0.25) is 0 Å². The van der Waals surface area contributed by atoms with E-state index in [1.165, 1.54) is 0 Å². The molecule has 0 spiro atoms. The van der Waals surface area contributed by atoms with Crippen molar-refractivity contribution in [2.75, 3.05) is 5.32 Å². The van der Waals surface area contributed by atoms with Crippen LogP contribution in [0, 0.1) is 0 Å². The van der Waals surface area contributed by atoms with Crippen LogP contribution in [-0.2, 0) is 0 Å². The molecule has 7 heteroatoms. The Morgan fingerprint density at radius 1 is 0.963 bits per heavy atom. The molecule has 0 amide bonds. The van der Waals surface area contributed by atoms with Crippen molar-refractivity contribution in [3.63, 3.8) is 0 Å². The maximum atomic E-state index is 13.2. The highest BCUT2D eigenvalue weighted by atomic mass is 19.3. The van der Waals surface area contributed by atoms with E-state index in [0.717, 1.165) is 11.3 Å². The molecule has 0 aliphatic rings. The summed E-state index contributed by atoms with van der Waals surface area (Å²) < 4.78 is 28.2. The van der Waals surface area contributed by atoms with Crippen LogP contribution in [0.5, 0.6) is 0 Å². The quantitative estimate of drug-likeness (QED) is 0.545. The number of benzene rings is 2. The van der Waals surface area contributed by atoms with E-state index in [2.05, 4.69) is 20.4 Å². The first-order valence-corrected chi connectivity index (χ1v) is 8.54. The molecule has 1 atom stereocenters. The van der Waals surface area contributed by atoms with Crippen LogP contribution < -0.4 is 5.32 Å². The van der Waals surface area contributed by atoms with E-state index in [0.29, 0.717) is 16.7 Å². The van der Waals surface area contributed by atoms with Gasteiger partial charge in [-0.1, -0.05) is 30.3 Å². The Kier molecular flexibility index (Phi) is 4.50. The second kappa shape index (κ2) is 7.11. The third-order valence-electron chi connectivity index (χ3n) is 4.32. The Bertz CT molecular complexity index is 1060. The number of alkyl halides is 2. The van der Waals surface area contributed by atoms with Gasteiger partial charge in [0.05, 0.1) is 17.2 Å². The summed E-state index contributed by atoms with van der Waals surface area (Å²) in [6, 6.07) is 16.6. The average molecular weight is 365 g/mol. The molecule has 4 aromatic rings. The first kappa shape index (κ1) is 17.1. The second-order valence-corrected chi connectivity index (χ2v) is 6.12. The average Bonchev–Trinajstić information content (AvgIpc) is 3.22. The van der Waals surface area contributed by atoms with Gasteiger partial charge in [-0.25, -0.2) is 23.4 Å². The molecule has 0 bridgehead atoms. The number of hydrogen-bond donors (Lipinski definition) is 1. The van der Waals surface area contributed by atoms with Crippen LogP contribution in [-0.4, -0.2) is 19.7 Å². The summed E-state index contributed by atoms with van der Waals surface area (Å²) in [5.74, 6) is -0.0950. The van der Waals surface area contributed by atoms with Crippen molar-refractivity contribution >= 4 is 16.7 Å². The zero-order valence-electron chi connectivity index (χ0n) is 14.6. The molecule has 1 N–H and O–H groups in total. The summed E-state index contributed by atoms with van der Waals surface area (Å²) >= 11 is 0. The Morgan fingerprint density at radius 3 is 2.52 bits per heavy atom. The molecule has 2 heterocycles. The Labute approximate surface area is 154 Å². The van der Waals surface area contributed by atoms with E-state index in [1.807, 2.05) is 55.6 Å². The van der Waals surface area contributed by atoms with Crippen molar-refractivity contribution in [3.8, 4) is 5.69 Å². The van der Waals surface area contributed by atoms with Gasteiger partial charge in [0.25, 0.3) is 6.43 Å². The maximum absolute atomic E-state index is 13.2. The molecular weight excluding hydrogens is 348 g/mol. The zero-order chi connectivity index (χ0) is 18.8. The standard InChI is InChI=1S/C20H17F2N5/c1-13(14-7-3-5-10-17(14)27-12-6-11-23-27)24-19-15-8-2-4-9-16(15)25-20(26-19)18(21)22/h2-13,18H,1H3,(H,24,25,26). The predicted octanol–water partition coefficient (Wildman–Crippen LogP) is 4.93. The number of nitrogens with one attached hydrogen (secondary N) is 1. The van der Waals surface area contributed by atoms with Gasteiger partial charge in [-0.05, 0) is 36.8 Å². The number of anilines is 1. The van der Waals surface area contributed by atoms with Crippen LogP contribution in [0.15, 0.2) is 67.0 Å². The predicted molar refractivity (Wildman–Crippen MR) is 100 cm³/mol. The number of nitrogens with zero attached hydrogens (tertiary/aromatic N) is 4. The monoisotopic (exact) mass is 365 g/mol. The van der Waals surface area contributed by atoms with Gasteiger partial charge < -0.3 is 5.32 Å². The van der Waals surface area contributed by atoms with Gasteiger partial charge in [-0.3, -0.25) is 0 Å². The summed E-state index contributed by atoms with van der Waals surface area (Å²) in [5, 5.41) is 8.26. The molecule has 27 heavy (non-hydrogen) atoms. The molecule has 0 aliphatic carbocycles. The van der Waals surface area contributed by atoms with E-state index >= 15 is 0 Å². The van der Waals surface area contributed by atoms with E-state index < -0.39 is 12.2 Å². The minimum atomic E-state index is -2.73. The van der Waals surface area contributed by atoms with E-state index in [1.54, 1.807) is 23.0 Å². The number of aromatic nitrogens is 4. The second-order valence-electron chi connectivity index (χ2n) is 6.12. The van der Waals surface area contributed by atoms with Crippen molar-refractivity contribution in [1.82, 2.24) is 19.7 Å². The van der Waals surface area contributed by atoms with E-state index in [4.69, 9.17) is 0 Å². The van der Waals surface area contributed by atoms with Crippen molar-refractivity contribution in [2.24, 2.45) is 0 Å². The van der Waals surface area contributed by atoms with Gasteiger partial charge in [0.15, 0.2) is 5.82 Å². The molecule has 1 unspecified atom stereocenters. The van der Waals surface area contributed by atoms with Crippen LogP contribution >= 0.6 is 0 Å². The number of para-hydroxylation sites is 2. The molecule has 0 aliphatic heterocycles. The van der Waals surface area contributed by atoms with Crippen molar-refractivity contribution in [2.45, 2.75) is 19.4 Å². The smallest absolute Gasteiger partial charge is 0.297 e. The Morgan fingerprint density at radius 2 is 1.74 bits per heavy atom. The lowest BCUT2D eigenvalue weighted by Crippen LogP contribution is -2.13. The summed E-state index contributed by atoms with van der Waals surface area (Å²) in [4.78, 5) is 8.02. The number of fused-ring (bicyclic) bond motifs is 1. The lowest BCUT2D eigenvalue weighted by atomic mass is 10.1. The Hall–Kier alpha value is -3.35. The molecule has 4 rings (SSSR count). The highest BCUT2D eigenvalue weighted by Crippen LogP contribution is 2.29. The lowest BCUT2D eigenvalue weighted by molar-refractivity contribution is 0.141. The fourth-order valence-corrected chi connectivity index (χ4v) is 3.06. The van der Waals surface area contributed by atoms with Gasteiger partial charge in [0, 0.05) is 17.8 Å². The molecule has 0 radical (unpaired) electrons. The van der Waals surface area contributed by atoms with E-state index in [9.17, 15) is 8.78 Å². The van der Waals surface area contributed by atoms with Gasteiger partial charge in [-0.15, -0.1) is 0 Å². The van der Waals surface area contributed by atoms with Crippen LogP contribution in [0.3, 0.4) is 0 Å². The van der Waals surface area contributed by atoms with E-state index in [-0.39, 0.29) is 6.04 Å². The first-order chi connectivity index (χ1) is 13.1. The molecule has 5 nitrogen and oxygen atoms in total. The summed E-state index contributed by atoms with van der Waals surface area (Å²) in [5.41, 5.74) is 2.37. The lowest BCUT2D eigenvalue weighted by Gasteiger charge is -2.20. The van der Waals surface area contributed by atoms with Crippen LogP contribution in [0.4, 0.5) is 14.6 Å². The topological polar surface area (TPSA) is 55.6 Å². The van der Waals surface area contributed by atoms with Gasteiger partial charge in [0.1, 0.15) is 5.82 Å². The van der Waals surface area contributed by atoms with Crippen molar-refractivity contribution in [3.05, 3.63) is 78.4 Å². The molecular formula is C20H17F2N5. The van der Waals surface area contributed by atoms with Crippen LogP contribution in [0.25, 0.3) is 16.6 Å². The molecule has 2 aromatic carbocycles. The van der Waals surface area contributed by atoms with Gasteiger partial charge in [-0.2, -0.15) is 5.10 Å². The highest BCUT2D eigenvalue weighted by molar-refractivity contribution is 5.89. The first-order valence-electron chi connectivity index (χ1n) is 8.54. The summed E-state index contributed by atoms with van der Waals surface area (Å²) in [6.07, 6.45) is 0.837. The third kappa shape index (κ3) is 3.36.